The van der Waals surface area contributed by atoms with Crippen LogP contribution in [0.1, 0.15) is 11.3 Å². The summed E-state index contributed by atoms with van der Waals surface area (Å²) in [5, 5.41) is 3.68. The lowest BCUT2D eigenvalue weighted by atomic mass is 10.2. The Kier molecular flexibility index (Phi) is 2.57. The minimum absolute atomic E-state index is 0.152. The molecule has 0 radical (unpaired) electrons. The number of nitrogens with two attached hydrogens (primary N) is 1. The van der Waals surface area contributed by atoms with E-state index in [1.165, 1.54) is 0 Å². The van der Waals surface area contributed by atoms with Crippen molar-refractivity contribution in [2.75, 3.05) is 5.73 Å². The van der Waals surface area contributed by atoms with Crippen LogP contribution >= 0.6 is 0 Å². The monoisotopic (exact) mass is 241 g/mol. The molecule has 0 atom stereocenters. The van der Waals surface area contributed by atoms with Gasteiger partial charge < -0.3 is 5.73 Å². The van der Waals surface area contributed by atoms with Crippen molar-refractivity contribution in [3.05, 3.63) is 41.6 Å². The van der Waals surface area contributed by atoms with Crippen LogP contribution in [0.25, 0.3) is 5.69 Å². The van der Waals surface area contributed by atoms with Crippen LogP contribution in [0, 0.1) is 6.92 Å². The zero-order valence-corrected chi connectivity index (χ0v) is 8.99. The zero-order chi connectivity index (χ0) is 12.6. The highest BCUT2D eigenvalue weighted by Gasteiger charge is 2.36. The van der Waals surface area contributed by atoms with Gasteiger partial charge in [-0.15, -0.1) is 0 Å². The van der Waals surface area contributed by atoms with Crippen LogP contribution < -0.4 is 5.73 Å². The fourth-order valence-electron chi connectivity index (χ4n) is 1.59. The molecule has 0 aliphatic rings. The summed E-state index contributed by atoms with van der Waals surface area (Å²) in [7, 11) is 0. The Hall–Kier alpha value is -1.98. The molecule has 0 saturated heterocycles. The Morgan fingerprint density at radius 2 is 1.88 bits per heavy atom. The normalized spacial score (nSPS) is 11.8. The Balaban J connectivity index is 2.64. The number of aromatic nitrogens is 2. The highest BCUT2D eigenvalue weighted by molar-refractivity contribution is 5.44. The molecule has 0 spiro atoms. The van der Waals surface area contributed by atoms with Gasteiger partial charge in [-0.05, 0) is 18.6 Å². The zero-order valence-electron chi connectivity index (χ0n) is 8.99. The van der Waals surface area contributed by atoms with Gasteiger partial charge >= 0.3 is 6.18 Å². The highest BCUT2D eigenvalue weighted by Crippen LogP contribution is 2.32. The highest BCUT2D eigenvalue weighted by atomic mass is 19.4. The number of aryl methyl sites for hydroxylation is 1. The second-order valence-corrected chi connectivity index (χ2v) is 3.65. The average molecular weight is 241 g/mol. The van der Waals surface area contributed by atoms with E-state index in [1.807, 2.05) is 0 Å². The van der Waals surface area contributed by atoms with E-state index in [0.29, 0.717) is 11.3 Å². The summed E-state index contributed by atoms with van der Waals surface area (Å²) in [5.41, 5.74) is 5.53. The van der Waals surface area contributed by atoms with Crippen LogP contribution in [0.5, 0.6) is 0 Å². The van der Waals surface area contributed by atoms with Crippen LogP contribution in [-0.4, -0.2) is 9.78 Å². The lowest BCUT2D eigenvalue weighted by molar-refractivity contribution is -0.142. The second kappa shape index (κ2) is 3.80. The van der Waals surface area contributed by atoms with Gasteiger partial charge in [-0.3, -0.25) is 0 Å². The fourth-order valence-corrected chi connectivity index (χ4v) is 1.59. The lowest BCUT2D eigenvalue weighted by Crippen LogP contribution is -2.13. The first-order valence-corrected chi connectivity index (χ1v) is 4.88. The Morgan fingerprint density at radius 1 is 1.24 bits per heavy atom. The maximum absolute atomic E-state index is 12.8. The van der Waals surface area contributed by atoms with Crippen molar-refractivity contribution in [1.29, 1.82) is 0 Å². The maximum Gasteiger partial charge on any atom is 0.433 e. The number of para-hydroxylation sites is 1. The van der Waals surface area contributed by atoms with Crippen LogP contribution in [0.2, 0.25) is 0 Å². The number of nitrogens with zero attached hydrogens (tertiary/aromatic N) is 2. The smallest absolute Gasteiger partial charge is 0.382 e. The van der Waals surface area contributed by atoms with Crippen molar-refractivity contribution in [1.82, 2.24) is 9.78 Å². The van der Waals surface area contributed by atoms with E-state index in [4.69, 9.17) is 5.73 Å². The third-order valence-electron chi connectivity index (χ3n) is 2.36. The molecule has 3 nitrogen and oxygen atoms in total. The van der Waals surface area contributed by atoms with E-state index in [9.17, 15) is 13.2 Å². The van der Waals surface area contributed by atoms with Gasteiger partial charge in [-0.2, -0.15) is 18.3 Å². The molecule has 0 fully saturated rings. The number of alkyl halides is 3. The van der Waals surface area contributed by atoms with Crippen LogP contribution in [0.4, 0.5) is 19.0 Å². The van der Waals surface area contributed by atoms with Gasteiger partial charge in [0.2, 0.25) is 0 Å². The van der Waals surface area contributed by atoms with Crippen molar-refractivity contribution in [3.8, 4) is 5.69 Å². The molecular weight excluding hydrogens is 231 g/mol. The molecule has 0 bridgehead atoms. The average Bonchev–Trinajstić information content (AvgIpc) is 2.60. The van der Waals surface area contributed by atoms with Crippen LogP contribution in [0.3, 0.4) is 0 Å². The van der Waals surface area contributed by atoms with Gasteiger partial charge in [0.1, 0.15) is 11.5 Å². The molecule has 6 heteroatoms. The molecule has 2 N–H and O–H groups in total. The van der Waals surface area contributed by atoms with Gasteiger partial charge in [0.15, 0.2) is 0 Å². The van der Waals surface area contributed by atoms with Gasteiger partial charge in [-0.25, -0.2) is 4.68 Å². The first-order chi connectivity index (χ1) is 7.89. The summed E-state index contributed by atoms with van der Waals surface area (Å²) in [6.07, 6.45) is -4.48. The van der Waals surface area contributed by atoms with E-state index in [2.05, 4.69) is 5.10 Å². The first-order valence-electron chi connectivity index (χ1n) is 4.88. The second-order valence-electron chi connectivity index (χ2n) is 3.65. The summed E-state index contributed by atoms with van der Waals surface area (Å²) >= 11 is 0. The number of hydrogen-bond donors (Lipinski definition) is 1. The van der Waals surface area contributed by atoms with E-state index in [1.54, 1.807) is 31.2 Å². The Labute approximate surface area is 95.7 Å². The molecule has 1 aromatic carbocycles. The molecule has 0 aliphatic heterocycles. The quantitative estimate of drug-likeness (QED) is 0.834. The van der Waals surface area contributed by atoms with E-state index in [-0.39, 0.29) is 5.82 Å². The molecule has 1 heterocycles. The number of nitrogen functional groups attached to an aromatic ring is 1. The predicted octanol–water partition coefficient (Wildman–Crippen LogP) is 2.78. The van der Waals surface area contributed by atoms with Gasteiger partial charge in [-0.1, -0.05) is 18.2 Å². The number of benzene rings is 1. The summed E-state index contributed by atoms with van der Waals surface area (Å²) in [6.45, 7) is 1.72. The van der Waals surface area contributed by atoms with Gasteiger partial charge in [0.25, 0.3) is 0 Å². The largest absolute Gasteiger partial charge is 0.433 e. The maximum atomic E-state index is 12.8. The minimum Gasteiger partial charge on any atom is -0.382 e. The van der Waals surface area contributed by atoms with E-state index < -0.39 is 11.9 Å². The molecule has 2 rings (SSSR count). The first kappa shape index (κ1) is 11.5. The van der Waals surface area contributed by atoms with Crippen molar-refractivity contribution in [2.24, 2.45) is 0 Å². The topological polar surface area (TPSA) is 43.8 Å². The van der Waals surface area contributed by atoms with Crippen molar-refractivity contribution < 1.29 is 13.2 Å². The minimum atomic E-state index is -4.48. The fraction of sp³-hybridized carbons (Fsp3) is 0.182. The molecule has 0 aliphatic carbocycles. The number of halogens is 3. The van der Waals surface area contributed by atoms with Gasteiger partial charge in [0.05, 0.1) is 5.69 Å². The van der Waals surface area contributed by atoms with Crippen molar-refractivity contribution in [3.63, 3.8) is 0 Å². The third-order valence-corrected chi connectivity index (χ3v) is 2.36. The molecule has 2 aromatic rings. The molecular formula is C11H10F3N3. The molecule has 90 valence electrons. The SMILES string of the molecule is Cc1ccccc1-n1nc(N)cc1C(F)(F)F. The standard InChI is InChI=1S/C11H10F3N3/c1-7-4-2-3-5-8(7)17-9(11(12,13)14)6-10(15)16-17/h2-6H,1H3,(H2,15,16). The van der Waals surface area contributed by atoms with Gasteiger partial charge in [0, 0.05) is 6.07 Å². The van der Waals surface area contributed by atoms with Crippen molar-refractivity contribution in [2.45, 2.75) is 13.1 Å². The number of rotatable bonds is 1. The lowest BCUT2D eigenvalue weighted by Gasteiger charge is -2.11. The summed E-state index contributed by atoms with van der Waals surface area (Å²) < 4.78 is 39.1. The third kappa shape index (κ3) is 2.11. The molecule has 0 amide bonds. The summed E-state index contributed by atoms with van der Waals surface area (Å²) in [4.78, 5) is 0. The van der Waals surface area contributed by atoms with E-state index >= 15 is 0 Å². The van der Waals surface area contributed by atoms with Crippen LogP contribution in [-0.2, 0) is 6.18 Å². The molecule has 0 unspecified atom stereocenters. The molecule has 0 saturated carbocycles. The van der Waals surface area contributed by atoms with Crippen LogP contribution in [0.15, 0.2) is 30.3 Å². The molecule has 1 aromatic heterocycles. The Bertz CT molecular complexity index is 543. The number of anilines is 1. The van der Waals surface area contributed by atoms with E-state index in [0.717, 1.165) is 10.7 Å². The Morgan fingerprint density at radius 3 is 2.47 bits per heavy atom. The predicted molar refractivity (Wildman–Crippen MR) is 57.7 cm³/mol. The van der Waals surface area contributed by atoms with Crippen molar-refractivity contribution >= 4 is 5.82 Å². The summed E-state index contributed by atoms with van der Waals surface area (Å²) in [5.74, 6) is -0.152. The summed E-state index contributed by atoms with van der Waals surface area (Å²) in [6, 6.07) is 7.51. The molecule has 17 heavy (non-hydrogen) atoms. The number of hydrogen-bond acceptors (Lipinski definition) is 2.